The number of fused-ring (bicyclic) bond motifs is 1. The Balaban J connectivity index is 1.38. The number of hydrogen-bond acceptors (Lipinski definition) is 5. The van der Waals surface area contributed by atoms with Crippen LogP contribution in [0.15, 0.2) is 59.5 Å². The lowest BCUT2D eigenvalue weighted by molar-refractivity contribution is -0.120. The quantitative estimate of drug-likeness (QED) is 0.481. The van der Waals surface area contributed by atoms with Crippen molar-refractivity contribution in [1.29, 1.82) is 0 Å². The van der Waals surface area contributed by atoms with Crippen molar-refractivity contribution in [3.8, 4) is 5.75 Å². The number of H-pyrrole nitrogens is 1. The molecule has 0 radical (unpaired) electrons. The average Bonchev–Trinajstić information content (AvgIpc) is 3.15. The second-order valence-corrected chi connectivity index (χ2v) is 7.29. The van der Waals surface area contributed by atoms with Gasteiger partial charge in [-0.2, -0.15) is 0 Å². The van der Waals surface area contributed by atoms with Gasteiger partial charge in [-0.05, 0) is 43.7 Å². The maximum atomic E-state index is 12.6. The number of benzene rings is 1. The zero-order valence-corrected chi connectivity index (χ0v) is 17.4. The van der Waals surface area contributed by atoms with Crippen LogP contribution in [-0.2, 0) is 24.4 Å². The molecule has 2 N–H and O–H groups in total. The number of amides is 1. The van der Waals surface area contributed by atoms with Gasteiger partial charge in [-0.25, -0.2) is 9.50 Å². The fraction of sp³-hybridized carbons (Fsp3) is 0.217. The van der Waals surface area contributed by atoms with Crippen molar-refractivity contribution >= 4 is 11.6 Å². The Hall–Kier alpha value is -3.94. The minimum absolute atomic E-state index is 0.123. The molecule has 3 aromatic heterocycles. The Morgan fingerprint density at radius 2 is 2.03 bits per heavy atom. The minimum atomic E-state index is -0.221. The van der Waals surface area contributed by atoms with Crippen LogP contribution in [-0.4, -0.2) is 25.5 Å². The molecule has 0 saturated heterocycles. The summed E-state index contributed by atoms with van der Waals surface area (Å²) < 4.78 is 7.41. The molecule has 8 nitrogen and oxygen atoms in total. The molecule has 0 aliphatic carbocycles. The topological polar surface area (TPSA) is 101 Å². The van der Waals surface area contributed by atoms with Gasteiger partial charge >= 0.3 is 0 Å². The van der Waals surface area contributed by atoms with Crippen molar-refractivity contribution in [3.63, 3.8) is 0 Å². The van der Waals surface area contributed by atoms with Crippen molar-refractivity contribution in [1.82, 2.24) is 24.9 Å². The van der Waals surface area contributed by atoms with Gasteiger partial charge in [-0.1, -0.05) is 18.2 Å². The second-order valence-electron chi connectivity index (χ2n) is 7.29. The summed E-state index contributed by atoms with van der Waals surface area (Å²) in [7, 11) is 0. The lowest BCUT2D eigenvalue weighted by atomic mass is 10.1. The monoisotopic (exact) mass is 417 g/mol. The summed E-state index contributed by atoms with van der Waals surface area (Å²) in [6.07, 6.45) is 1.91. The molecule has 3 heterocycles. The highest BCUT2D eigenvalue weighted by molar-refractivity contribution is 5.79. The predicted octanol–water partition coefficient (Wildman–Crippen LogP) is 2.47. The van der Waals surface area contributed by atoms with E-state index in [1.54, 1.807) is 10.7 Å². The average molecular weight is 417 g/mol. The Labute approximate surface area is 178 Å². The molecule has 4 aromatic rings. The maximum absolute atomic E-state index is 12.6. The number of aromatic amines is 1. The fourth-order valence-corrected chi connectivity index (χ4v) is 3.42. The summed E-state index contributed by atoms with van der Waals surface area (Å²) in [5.41, 5.74) is 4.43. The highest BCUT2D eigenvalue weighted by Crippen LogP contribution is 2.16. The highest BCUT2D eigenvalue weighted by atomic mass is 16.5. The molecule has 0 atom stereocenters. The van der Waals surface area contributed by atoms with Gasteiger partial charge in [-0.15, -0.1) is 0 Å². The summed E-state index contributed by atoms with van der Waals surface area (Å²) in [5.74, 6) is 0.594. The Kier molecular flexibility index (Phi) is 5.79. The van der Waals surface area contributed by atoms with Gasteiger partial charge < -0.3 is 10.1 Å². The van der Waals surface area contributed by atoms with Gasteiger partial charge in [-0.3, -0.25) is 19.7 Å². The van der Waals surface area contributed by atoms with Gasteiger partial charge in [0.05, 0.1) is 12.1 Å². The van der Waals surface area contributed by atoms with Crippen LogP contribution in [0.5, 0.6) is 5.75 Å². The molecule has 0 spiro atoms. The van der Waals surface area contributed by atoms with Crippen molar-refractivity contribution in [2.45, 2.75) is 33.4 Å². The summed E-state index contributed by atoms with van der Waals surface area (Å²) in [4.78, 5) is 32.8. The van der Waals surface area contributed by atoms with Crippen LogP contribution >= 0.6 is 0 Å². The van der Waals surface area contributed by atoms with E-state index in [0.717, 1.165) is 34.0 Å². The summed E-state index contributed by atoms with van der Waals surface area (Å²) in [6, 6.07) is 14.7. The van der Waals surface area contributed by atoms with Gasteiger partial charge in [0.1, 0.15) is 12.4 Å². The number of rotatable bonds is 7. The number of carbonyl (C=O) groups excluding carboxylic acids is 1. The van der Waals surface area contributed by atoms with Gasteiger partial charge in [0.2, 0.25) is 5.91 Å². The molecule has 1 aromatic carbocycles. The minimum Gasteiger partial charge on any atom is -0.487 e. The van der Waals surface area contributed by atoms with Crippen molar-refractivity contribution in [2.75, 3.05) is 0 Å². The molecule has 0 aliphatic rings. The number of ether oxygens (including phenoxy) is 1. The molecule has 0 saturated carbocycles. The largest absolute Gasteiger partial charge is 0.487 e. The molecule has 8 heteroatoms. The van der Waals surface area contributed by atoms with E-state index < -0.39 is 0 Å². The second kappa shape index (κ2) is 8.83. The van der Waals surface area contributed by atoms with E-state index in [9.17, 15) is 9.59 Å². The summed E-state index contributed by atoms with van der Waals surface area (Å²) in [6.45, 7) is 4.47. The third-order valence-electron chi connectivity index (χ3n) is 5.04. The number of aromatic nitrogens is 4. The van der Waals surface area contributed by atoms with Gasteiger partial charge in [0, 0.05) is 35.8 Å². The number of aryl methyl sites for hydroxylation is 2. The van der Waals surface area contributed by atoms with Crippen molar-refractivity contribution in [2.24, 2.45) is 0 Å². The van der Waals surface area contributed by atoms with Crippen LogP contribution in [0.4, 0.5) is 0 Å². The lowest BCUT2D eigenvalue weighted by Crippen LogP contribution is -2.26. The van der Waals surface area contributed by atoms with E-state index in [1.165, 1.54) is 6.07 Å². The molecular formula is C23H23N5O3. The maximum Gasteiger partial charge on any atom is 0.266 e. The molecule has 1 amide bonds. The standard InChI is InChI=1S/C23H23N5O3/c1-15-20(16(2)28-21(26-15)12-23(30)27-28)11-22(29)25-13-17-6-5-8-19(10-17)31-14-18-7-3-4-9-24-18/h3-10,12H,11,13-14H2,1-2H3,(H,25,29)(H,27,30). The van der Waals surface area contributed by atoms with Gasteiger partial charge in [0.25, 0.3) is 5.56 Å². The predicted molar refractivity (Wildman–Crippen MR) is 116 cm³/mol. The molecule has 0 bridgehead atoms. The van der Waals surface area contributed by atoms with Crippen LogP contribution in [0.2, 0.25) is 0 Å². The van der Waals surface area contributed by atoms with Crippen LogP contribution in [0.25, 0.3) is 5.65 Å². The number of nitrogens with zero attached hydrogens (tertiary/aromatic N) is 3. The lowest BCUT2D eigenvalue weighted by Gasteiger charge is -2.12. The summed E-state index contributed by atoms with van der Waals surface area (Å²) >= 11 is 0. The van der Waals surface area contributed by atoms with E-state index in [2.05, 4.69) is 20.4 Å². The van der Waals surface area contributed by atoms with Crippen LogP contribution in [0.3, 0.4) is 0 Å². The van der Waals surface area contributed by atoms with E-state index in [-0.39, 0.29) is 17.9 Å². The third kappa shape index (κ3) is 4.80. The van der Waals surface area contributed by atoms with Gasteiger partial charge in [0.15, 0.2) is 5.65 Å². The highest BCUT2D eigenvalue weighted by Gasteiger charge is 2.14. The van der Waals surface area contributed by atoms with Crippen LogP contribution in [0, 0.1) is 13.8 Å². The number of carbonyl (C=O) groups is 1. The van der Waals surface area contributed by atoms with E-state index in [4.69, 9.17) is 4.74 Å². The zero-order chi connectivity index (χ0) is 21.8. The van der Waals surface area contributed by atoms with Crippen LogP contribution < -0.4 is 15.6 Å². The molecule has 0 fully saturated rings. The van der Waals surface area contributed by atoms with E-state index >= 15 is 0 Å². The molecule has 0 unspecified atom stereocenters. The molecule has 31 heavy (non-hydrogen) atoms. The van der Waals surface area contributed by atoms with Crippen LogP contribution in [0.1, 0.15) is 28.2 Å². The van der Waals surface area contributed by atoms with E-state index in [1.807, 2.05) is 56.3 Å². The van der Waals surface area contributed by atoms with Crippen molar-refractivity contribution in [3.05, 3.63) is 93.3 Å². The number of hydrogen-bond donors (Lipinski definition) is 2. The Morgan fingerprint density at radius 3 is 2.84 bits per heavy atom. The molecule has 4 rings (SSSR count). The first kappa shape index (κ1) is 20.3. The molecule has 158 valence electrons. The first-order valence-corrected chi connectivity index (χ1v) is 9.96. The number of nitrogens with one attached hydrogen (secondary N) is 2. The van der Waals surface area contributed by atoms with E-state index in [0.29, 0.717) is 18.8 Å². The fourth-order valence-electron chi connectivity index (χ4n) is 3.42. The third-order valence-corrected chi connectivity index (χ3v) is 5.04. The van der Waals surface area contributed by atoms with Crippen molar-refractivity contribution < 1.29 is 9.53 Å². The summed E-state index contributed by atoms with van der Waals surface area (Å²) in [5, 5.41) is 5.64. The first-order valence-electron chi connectivity index (χ1n) is 9.96. The molecule has 0 aliphatic heterocycles. The zero-order valence-electron chi connectivity index (χ0n) is 17.4. The first-order chi connectivity index (χ1) is 15.0. The Morgan fingerprint density at radius 1 is 1.16 bits per heavy atom. The normalized spacial score (nSPS) is 10.9. The Bertz CT molecular complexity index is 1280. The SMILES string of the molecule is Cc1nc2cc(=O)[nH]n2c(C)c1CC(=O)NCc1cccc(OCc2ccccn2)c1. The molecular weight excluding hydrogens is 394 g/mol. The number of pyridine rings is 1. The smallest absolute Gasteiger partial charge is 0.266 e.